The van der Waals surface area contributed by atoms with E-state index in [-0.39, 0.29) is 5.82 Å². The van der Waals surface area contributed by atoms with Crippen LogP contribution >= 0.6 is 0 Å². The summed E-state index contributed by atoms with van der Waals surface area (Å²) >= 11 is 0. The zero-order valence-corrected chi connectivity index (χ0v) is 8.65. The standard InChI is InChI=1S/C12H13FN2/c1-2-11-7-8-15(14-11)9-10-5-3-4-6-12(10)13/h3-8H,2,9H2,1H3. The van der Waals surface area contributed by atoms with Gasteiger partial charge < -0.3 is 0 Å². The molecule has 2 aromatic rings. The van der Waals surface area contributed by atoms with Gasteiger partial charge in [-0.2, -0.15) is 5.10 Å². The topological polar surface area (TPSA) is 17.8 Å². The van der Waals surface area contributed by atoms with E-state index in [1.54, 1.807) is 16.8 Å². The zero-order chi connectivity index (χ0) is 10.7. The van der Waals surface area contributed by atoms with Crippen LogP contribution in [0.3, 0.4) is 0 Å². The van der Waals surface area contributed by atoms with Crippen molar-refractivity contribution < 1.29 is 4.39 Å². The van der Waals surface area contributed by atoms with Crippen LogP contribution in [0.2, 0.25) is 0 Å². The van der Waals surface area contributed by atoms with E-state index in [2.05, 4.69) is 12.0 Å². The summed E-state index contributed by atoms with van der Waals surface area (Å²) in [5, 5.41) is 4.32. The Morgan fingerprint density at radius 1 is 1.27 bits per heavy atom. The van der Waals surface area contributed by atoms with Gasteiger partial charge in [0.2, 0.25) is 0 Å². The van der Waals surface area contributed by atoms with E-state index in [0.29, 0.717) is 12.1 Å². The predicted octanol–water partition coefficient (Wildman–Crippen LogP) is 2.63. The maximum absolute atomic E-state index is 13.3. The summed E-state index contributed by atoms with van der Waals surface area (Å²) in [6, 6.07) is 8.74. The van der Waals surface area contributed by atoms with E-state index in [1.165, 1.54) is 6.07 Å². The molecule has 0 fully saturated rings. The van der Waals surface area contributed by atoms with E-state index < -0.39 is 0 Å². The van der Waals surface area contributed by atoms with Crippen molar-refractivity contribution in [2.75, 3.05) is 0 Å². The Kier molecular flexibility index (Phi) is 2.81. The summed E-state index contributed by atoms with van der Waals surface area (Å²) in [4.78, 5) is 0. The molecule has 0 unspecified atom stereocenters. The average Bonchev–Trinajstić information content (AvgIpc) is 2.69. The normalized spacial score (nSPS) is 10.5. The van der Waals surface area contributed by atoms with Gasteiger partial charge in [0.25, 0.3) is 0 Å². The summed E-state index contributed by atoms with van der Waals surface area (Å²) in [7, 11) is 0. The molecule has 15 heavy (non-hydrogen) atoms. The quantitative estimate of drug-likeness (QED) is 0.751. The van der Waals surface area contributed by atoms with Gasteiger partial charge in [-0.1, -0.05) is 25.1 Å². The van der Waals surface area contributed by atoms with E-state index >= 15 is 0 Å². The number of benzene rings is 1. The van der Waals surface area contributed by atoms with Gasteiger partial charge in [0.15, 0.2) is 0 Å². The van der Waals surface area contributed by atoms with Crippen LogP contribution in [0, 0.1) is 5.82 Å². The molecular weight excluding hydrogens is 191 g/mol. The lowest BCUT2D eigenvalue weighted by molar-refractivity contribution is 0.583. The predicted molar refractivity (Wildman–Crippen MR) is 57.1 cm³/mol. The first-order valence-electron chi connectivity index (χ1n) is 5.05. The second-order valence-electron chi connectivity index (χ2n) is 3.45. The van der Waals surface area contributed by atoms with E-state index in [9.17, 15) is 4.39 Å². The minimum atomic E-state index is -0.175. The fourth-order valence-electron chi connectivity index (χ4n) is 1.48. The molecule has 0 aliphatic heterocycles. The van der Waals surface area contributed by atoms with Gasteiger partial charge in [-0.05, 0) is 18.6 Å². The number of aryl methyl sites for hydroxylation is 1. The minimum absolute atomic E-state index is 0.175. The molecule has 78 valence electrons. The smallest absolute Gasteiger partial charge is 0.128 e. The summed E-state index contributed by atoms with van der Waals surface area (Å²) < 4.78 is 15.1. The molecule has 0 amide bonds. The third kappa shape index (κ3) is 2.24. The van der Waals surface area contributed by atoms with Gasteiger partial charge in [-0.3, -0.25) is 4.68 Å². The Bertz CT molecular complexity index is 448. The molecule has 2 nitrogen and oxygen atoms in total. The number of aromatic nitrogens is 2. The number of halogens is 1. The van der Waals surface area contributed by atoms with Crippen molar-refractivity contribution in [2.45, 2.75) is 19.9 Å². The van der Waals surface area contributed by atoms with Gasteiger partial charge in [0, 0.05) is 11.8 Å². The third-order valence-electron chi connectivity index (χ3n) is 2.35. The van der Waals surface area contributed by atoms with Crippen LogP contribution in [0.1, 0.15) is 18.2 Å². The molecule has 1 aromatic carbocycles. The van der Waals surface area contributed by atoms with E-state index in [0.717, 1.165) is 12.1 Å². The molecule has 0 atom stereocenters. The highest BCUT2D eigenvalue weighted by atomic mass is 19.1. The number of hydrogen-bond donors (Lipinski definition) is 0. The van der Waals surface area contributed by atoms with E-state index in [4.69, 9.17) is 0 Å². The van der Waals surface area contributed by atoms with Crippen molar-refractivity contribution >= 4 is 0 Å². The minimum Gasteiger partial charge on any atom is -0.268 e. The number of rotatable bonds is 3. The maximum Gasteiger partial charge on any atom is 0.128 e. The Morgan fingerprint density at radius 3 is 2.73 bits per heavy atom. The van der Waals surface area contributed by atoms with Gasteiger partial charge in [-0.25, -0.2) is 4.39 Å². The van der Waals surface area contributed by atoms with Crippen LogP contribution in [-0.2, 0) is 13.0 Å². The molecule has 0 saturated carbocycles. The second kappa shape index (κ2) is 4.26. The largest absolute Gasteiger partial charge is 0.268 e. The monoisotopic (exact) mass is 204 g/mol. The number of nitrogens with zero attached hydrogens (tertiary/aromatic N) is 2. The molecule has 0 aliphatic carbocycles. The fourth-order valence-corrected chi connectivity index (χ4v) is 1.48. The van der Waals surface area contributed by atoms with Gasteiger partial charge in [-0.15, -0.1) is 0 Å². The third-order valence-corrected chi connectivity index (χ3v) is 2.35. The Labute approximate surface area is 88.4 Å². The highest BCUT2D eigenvalue weighted by Crippen LogP contribution is 2.08. The van der Waals surface area contributed by atoms with Crippen LogP contribution in [-0.4, -0.2) is 9.78 Å². The lowest BCUT2D eigenvalue weighted by Crippen LogP contribution is -2.02. The van der Waals surface area contributed by atoms with Crippen LogP contribution in [0.15, 0.2) is 36.5 Å². The molecule has 0 bridgehead atoms. The summed E-state index contributed by atoms with van der Waals surface area (Å²) in [5.41, 5.74) is 1.70. The molecule has 0 spiro atoms. The molecule has 0 saturated heterocycles. The Hall–Kier alpha value is -1.64. The Balaban J connectivity index is 2.18. The van der Waals surface area contributed by atoms with E-state index in [1.807, 2.05) is 18.3 Å². The van der Waals surface area contributed by atoms with Crippen LogP contribution in [0.5, 0.6) is 0 Å². The molecule has 2 rings (SSSR count). The molecule has 0 radical (unpaired) electrons. The zero-order valence-electron chi connectivity index (χ0n) is 8.65. The summed E-state index contributed by atoms with van der Waals surface area (Å²) in [6.45, 7) is 2.54. The van der Waals surface area contributed by atoms with Crippen LogP contribution in [0.4, 0.5) is 4.39 Å². The van der Waals surface area contributed by atoms with Crippen LogP contribution < -0.4 is 0 Å². The van der Waals surface area contributed by atoms with Crippen molar-refractivity contribution in [1.29, 1.82) is 0 Å². The fraction of sp³-hybridized carbons (Fsp3) is 0.250. The van der Waals surface area contributed by atoms with Crippen molar-refractivity contribution in [3.8, 4) is 0 Å². The second-order valence-corrected chi connectivity index (χ2v) is 3.45. The van der Waals surface area contributed by atoms with Gasteiger partial charge in [0.05, 0.1) is 12.2 Å². The van der Waals surface area contributed by atoms with Gasteiger partial charge >= 0.3 is 0 Å². The SMILES string of the molecule is CCc1ccn(Cc2ccccc2F)n1. The van der Waals surface area contributed by atoms with Crippen molar-refractivity contribution in [1.82, 2.24) is 9.78 Å². The van der Waals surface area contributed by atoms with Crippen molar-refractivity contribution in [3.63, 3.8) is 0 Å². The van der Waals surface area contributed by atoms with Gasteiger partial charge in [0.1, 0.15) is 5.82 Å². The van der Waals surface area contributed by atoms with Crippen molar-refractivity contribution in [2.24, 2.45) is 0 Å². The lowest BCUT2D eigenvalue weighted by atomic mass is 10.2. The highest BCUT2D eigenvalue weighted by Gasteiger charge is 2.02. The number of hydrogen-bond acceptors (Lipinski definition) is 1. The first-order chi connectivity index (χ1) is 7.29. The lowest BCUT2D eigenvalue weighted by Gasteiger charge is -2.02. The Morgan fingerprint density at radius 2 is 2.07 bits per heavy atom. The first kappa shape index (κ1) is 9.90. The molecule has 1 aromatic heterocycles. The van der Waals surface area contributed by atoms with Crippen molar-refractivity contribution in [3.05, 3.63) is 53.6 Å². The molecular formula is C12H13FN2. The highest BCUT2D eigenvalue weighted by molar-refractivity contribution is 5.17. The molecule has 0 N–H and O–H groups in total. The average molecular weight is 204 g/mol. The molecule has 1 heterocycles. The maximum atomic E-state index is 13.3. The molecule has 0 aliphatic rings. The summed E-state index contributed by atoms with van der Waals surface area (Å²) in [5.74, 6) is -0.175. The molecule has 3 heteroatoms. The van der Waals surface area contributed by atoms with Crippen LogP contribution in [0.25, 0.3) is 0 Å². The first-order valence-corrected chi connectivity index (χ1v) is 5.05. The summed E-state index contributed by atoms with van der Waals surface area (Å²) in [6.07, 6.45) is 2.79.